The average molecular weight is 452 g/mol. The summed E-state index contributed by atoms with van der Waals surface area (Å²) in [5.41, 5.74) is 0.977. The molecule has 1 aromatic carbocycles. The first-order valence-corrected chi connectivity index (χ1v) is 11.3. The second-order valence-corrected chi connectivity index (χ2v) is 9.69. The van der Waals surface area contributed by atoms with Crippen molar-refractivity contribution in [3.8, 4) is 0 Å². The van der Waals surface area contributed by atoms with Crippen LogP contribution in [0, 0.1) is 0 Å². The van der Waals surface area contributed by atoms with Gasteiger partial charge in [-0.15, -0.1) is 11.3 Å². The normalized spacial score (nSPS) is 11.2. The van der Waals surface area contributed by atoms with Crippen molar-refractivity contribution in [1.82, 2.24) is 4.98 Å². The van der Waals surface area contributed by atoms with Crippen molar-refractivity contribution in [2.45, 2.75) is 17.7 Å². The second kappa shape index (κ2) is 8.81. The first-order chi connectivity index (χ1) is 13.8. The van der Waals surface area contributed by atoms with Crippen LogP contribution in [0.1, 0.15) is 22.8 Å². The number of nitrogens with zero attached hydrogens (tertiary/aromatic N) is 2. The molecule has 2 heterocycles. The van der Waals surface area contributed by atoms with Gasteiger partial charge in [-0.25, -0.2) is 18.2 Å². The largest absolute Gasteiger partial charge is 0.478 e. The van der Waals surface area contributed by atoms with Gasteiger partial charge in [-0.05, 0) is 30.7 Å². The van der Waals surface area contributed by atoms with E-state index in [-0.39, 0.29) is 21.3 Å². The minimum atomic E-state index is -3.88. The van der Waals surface area contributed by atoms with Gasteiger partial charge in [0, 0.05) is 13.1 Å². The van der Waals surface area contributed by atoms with Crippen LogP contribution < -0.4 is 9.62 Å². The SMILES string of the molecule is CCN(Cc1ccccc1)c1ncc(NS(=O)(=O)c2ccc(Cl)s2)cc1C(=O)O. The van der Waals surface area contributed by atoms with Gasteiger partial charge in [0.1, 0.15) is 15.6 Å². The number of sulfonamides is 1. The number of carbonyl (C=O) groups is 1. The van der Waals surface area contributed by atoms with Gasteiger partial charge in [0.05, 0.1) is 16.2 Å². The fourth-order valence-corrected chi connectivity index (χ4v) is 5.23. The molecule has 0 bridgehead atoms. The van der Waals surface area contributed by atoms with E-state index in [1.807, 2.05) is 42.2 Å². The van der Waals surface area contributed by atoms with Crippen LogP contribution >= 0.6 is 22.9 Å². The van der Waals surface area contributed by atoms with E-state index in [0.29, 0.717) is 17.4 Å². The van der Waals surface area contributed by atoms with Crippen molar-refractivity contribution >= 4 is 50.4 Å². The summed E-state index contributed by atoms with van der Waals surface area (Å²) in [5.74, 6) is -0.926. The third-order valence-electron chi connectivity index (χ3n) is 4.06. The monoisotopic (exact) mass is 451 g/mol. The van der Waals surface area contributed by atoms with Crippen LogP contribution in [-0.2, 0) is 16.6 Å². The topological polar surface area (TPSA) is 99.6 Å². The Morgan fingerprint density at radius 3 is 2.55 bits per heavy atom. The van der Waals surface area contributed by atoms with Gasteiger partial charge in [-0.3, -0.25) is 4.72 Å². The summed E-state index contributed by atoms with van der Waals surface area (Å²) >= 11 is 6.71. The second-order valence-electron chi connectivity index (χ2n) is 6.06. The molecule has 7 nitrogen and oxygen atoms in total. The molecule has 0 aliphatic heterocycles. The minimum Gasteiger partial charge on any atom is -0.478 e. The third kappa shape index (κ3) is 5.06. The highest BCUT2D eigenvalue weighted by Crippen LogP contribution is 2.29. The van der Waals surface area contributed by atoms with Gasteiger partial charge in [0.2, 0.25) is 0 Å². The molecule has 3 aromatic rings. The highest BCUT2D eigenvalue weighted by atomic mass is 35.5. The van der Waals surface area contributed by atoms with Crippen LogP contribution in [0.15, 0.2) is 58.9 Å². The van der Waals surface area contributed by atoms with Gasteiger partial charge in [-0.1, -0.05) is 41.9 Å². The van der Waals surface area contributed by atoms with Crippen LogP contribution in [0.3, 0.4) is 0 Å². The van der Waals surface area contributed by atoms with Crippen molar-refractivity contribution in [2.24, 2.45) is 0 Å². The molecule has 10 heteroatoms. The smallest absolute Gasteiger partial charge is 0.339 e. The number of aromatic carboxylic acids is 1. The number of thiophene rings is 1. The number of nitrogens with one attached hydrogen (secondary N) is 1. The maximum absolute atomic E-state index is 12.5. The summed E-state index contributed by atoms with van der Waals surface area (Å²) in [6.45, 7) is 2.90. The van der Waals surface area contributed by atoms with Crippen molar-refractivity contribution in [2.75, 3.05) is 16.2 Å². The van der Waals surface area contributed by atoms with E-state index in [4.69, 9.17) is 11.6 Å². The standard InChI is InChI=1S/C19H18ClN3O4S2/c1-2-23(12-13-6-4-3-5-7-13)18-15(19(24)25)10-14(11-21-18)22-29(26,27)17-9-8-16(20)28-17/h3-11,22H,2,12H2,1H3,(H,24,25). The Labute approximate surface area is 177 Å². The summed E-state index contributed by atoms with van der Waals surface area (Å²) in [4.78, 5) is 17.9. The highest BCUT2D eigenvalue weighted by molar-refractivity contribution is 7.94. The summed E-state index contributed by atoms with van der Waals surface area (Å²) in [6.07, 6.45) is 1.31. The number of carboxylic acid groups (broad SMARTS) is 1. The molecule has 0 saturated carbocycles. The van der Waals surface area contributed by atoms with Crippen molar-refractivity contribution in [3.63, 3.8) is 0 Å². The van der Waals surface area contributed by atoms with Crippen LogP contribution in [0.4, 0.5) is 11.5 Å². The molecular formula is C19H18ClN3O4S2. The number of pyridine rings is 1. The molecule has 2 aromatic heterocycles. The Kier molecular flexibility index (Phi) is 6.41. The van der Waals surface area contributed by atoms with Crippen molar-refractivity contribution in [3.05, 3.63) is 70.2 Å². The van der Waals surface area contributed by atoms with E-state index in [2.05, 4.69) is 9.71 Å². The predicted molar refractivity (Wildman–Crippen MR) is 114 cm³/mol. The molecular weight excluding hydrogens is 434 g/mol. The number of hydrogen-bond acceptors (Lipinski definition) is 6. The Hall–Kier alpha value is -2.62. The van der Waals surface area contributed by atoms with Crippen LogP contribution in [-0.4, -0.2) is 31.0 Å². The molecule has 152 valence electrons. The molecule has 0 saturated heterocycles. The lowest BCUT2D eigenvalue weighted by atomic mass is 10.2. The molecule has 3 rings (SSSR count). The Balaban J connectivity index is 1.91. The van der Waals surface area contributed by atoms with Gasteiger partial charge >= 0.3 is 5.97 Å². The van der Waals surface area contributed by atoms with Gasteiger partial charge in [0.25, 0.3) is 10.0 Å². The summed E-state index contributed by atoms with van der Waals surface area (Å²) < 4.78 is 27.7. The number of carboxylic acids is 1. The van der Waals surface area contributed by atoms with Gasteiger partial charge in [-0.2, -0.15) is 0 Å². The fourth-order valence-electron chi connectivity index (χ4n) is 2.71. The quantitative estimate of drug-likeness (QED) is 0.529. The zero-order valence-corrected chi connectivity index (χ0v) is 17.8. The molecule has 0 spiro atoms. The number of benzene rings is 1. The van der Waals surface area contributed by atoms with E-state index in [1.165, 1.54) is 24.4 Å². The van der Waals surface area contributed by atoms with Crippen LogP contribution in [0.5, 0.6) is 0 Å². The molecule has 0 aliphatic rings. The lowest BCUT2D eigenvalue weighted by Gasteiger charge is -2.24. The number of rotatable bonds is 8. The Bertz CT molecular complexity index is 1120. The maximum atomic E-state index is 12.5. The third-order valence-corrected chi connectivity index (χ3v) is 7.16. The minimum absolute atomic E-state index is 0.0303. The van der Waals surface area contributed by atoms with Gasteiger partial charge in [0.15, 0.2) is 0 Å². The highest BCUT2D eigenvalue weighted by Gasteiger charge is 2.21. The average Bonchev–Trinajstić information content (AvgIpc) is 3.14. The predicted octanol–water partition coefficient (Wildman–Crippen LogP) is 4.32. The number of anilines is 2. The molecule has 0 aliphatic carbocycles. The fraction of sp³-hybridized carbons (Fsp3) is 0.158. The van der Waals surface area contributed by atoms with E-state index in [1.54, 1.807) is 0 Å². The zero-order chi connectivity index (χ0) is 21.0. The summed E-state index contributed by atoms with van der Waals surface area (Å²) in [7, 11) is -3.88. The van der Waals surface area contributed by atoms with Crippen molar-refractivity contribution < 1.29 is 18.3 Å². The molecule has 2 N–H and O–H groups in total. The van der Waals surface area contributed by atoms with E-state index in [0.717, 1.165) is 16.9 Å². The number of hydrogen-bond donors (Lipinski definition) is 2. The van der Waals surface area contributed by atoms with E-state index >= 15 is 0 Å². The number of aromatic nitrogens is 1. The molecule has 0 amide bonds. The Morgan fingerprint density at radius 2 is 1.97 bits per heavy atom. The molecule has 0 atom stereocenters. The lowest BCUT2D eigenvalue weighted by molar-refractivity contribution is 0.0697. The van der Waals surface area contributed by atoms with Gasteiger partial charge < -0.3 is 10.0 Å². The lowest BCUT2D eigenvalue weighted by Crippen LogP contribution is -2.25. The maximum Gasteiger partial charge on any atom is 0.339 e. The van der Waals surface area contributed by atoms with E-state index < -0.39 is 16.0 Å². The van der Waals surface area contributed by atoms with Crippen LogP contribution in [0.25, 0.3) is 0 Å². The van der Waals surface area contributed by atoms with Crippen molar-refractivity contribution in [1.29, 1.82) is 0 Å². The van der Waals surface area contributed by atoms with E-state index in [9.17, 15) is 18.3 Å². The molecule has 0 radical (unpaired) electrons. The summed E-state index contributed by atoms with van der Waals surface area (Å²) in [6, 6.07) is 13.7. The van der Waals surface area contributed by atoms with Crippen LogP contribution in [0.2, 0.25) is 4.34 Å². The molecule has 29 heavy (non-hydrogen) atoms. The first kappa shape index (κ1) is 21.1. The zero-order valence-electron chi connectivity index (χ0n) is 15.4. The molecule has 0 fully saturated rings. The summed E-state index contributed by atoms with van der Waals surface area (Å²) in [5, 5.41) is 9.66. The molecule has 0 unspecified atom stereocenters. The Morgan fingerprint density at radius 1 is 1.24 bits per heavy atom. The first-order valence-electron chi connectivity index (χ1n) is 8.60. The number of halogens is 1.